The van der Waals surface area contributed by atoms with Gasteiger partial charge in [0.2, 0.25) is 0 Å². The molecule has 0 saturated carbocycles. The van der Waals surface area contributed by atoms with E-state index < -0.39 is 0 Å². The maximum atomic E-state index is 9.41. The molecule has 0 amide bonds. The number of nitriles is 1. The lowest BCUT2D eigenvalue weighted by atomic mass is 9.91. The van der Waals surface area contributed by atoms with Gasteiger partial charge >= 0.3 is 0 Å². The zero-order valence-electron chi connectivity index (χ0n) is 32.6. The van der Waals surface area contributed by atoms with Crippen LogP contribution in [0.4, 0.5) is 0 Å². The summed E-state index contributed by atoms with van der Waals surface area (Å²) < 4.78 is 0. The summed E-state index contributed by atoms with van der Waals surface area (Å²) in [7, 11) is 0. The zero-order chi connectivity index (χ0) is 40.3. The van der Waals surface area contributed by atoms with Crippen molar-refractivity contribution in [1.29, 1.82) is 5.26 Å². The number of fused-ring (bicyclic) bond motifs is 1. The van der Waals surface area contributed by atoms with Crippen LogP contribution in [0, 0.1) is 11.3 Å². The normalized spacial score (nSPS) is 11.0. The summed E-state index contributed by atoms with van der Waals surface area (Å²) in [6.07, 6.45) is 0. The van der Waals surface area contributed by atoms with E-state index in [1.54, 1.807) is 0 Å². The average Bonchev–Trinajstić information content (AvgIpc) is 3.34. The predicted molar refractivity (Wildman–Crippen MR) is 246 cm³/mol. The number of aromatic nitrogens is 3. The molecule has 4 nitrogen and oxygen atoms in total. The molecule has 0 aliphatic carbocycles. The van der Waals surface area contributed by atoms with Crippen LogP contribution in [0.15, 0.2) is 218 Å². The second-order valence-electron chi connectivity index (χ2n) is 14.8. The Balaban J connectivity index is 1.03. The maximum Gasteiger partial charge on any atom is 0.164 e. The van der Waals surface area contributed by atoms with E-state index in [2.05, 4.69) is 188 Å². The zero-order valence-corrected chi connectivity index (χ0v) is 32.6. The highest BCUT2D eigenvalue weighted by Gasteiger charge is 2.16. The molecule has 0 fully saturated rings. The Labute approximate surface area is 349 Å². The van der Waals surface area contributed by atoms with Crippen LogP contribution >= 0.6 is 0 Å². The molecular weight excluding hydrogens is 729 g/mol. The topological polar surface area (TPSA) is 62.5 Å². The van der Waals surface area contributed by atoms with Gasteiger partial charge < -0.3 is 0 Å². The fraction of sp³-hybridized carbons (Fsp3) is 0. The molecule has 60 heavy (non-hydrogen) atoms. The van der Waals surface area contributed by atoms with E-state index in [0.717, 1.165) is 77.7 Å². The van der Waals surface area contributed by atoms with Gasteiger partial charge in [-0.15, -0.1) is 0 Å². The van der Waals surface area contributed by atoms with Gasteiger partial charge in [0.1, 0.15) is 0 Å². The molecule has 1 heterocycles. The highest BCUT2D eigenvalue weighted by molar-refractivity contribution is 6.05. The minimum atomic E-state index is 0.609. The molecular formula is C56H36N4. The van der Waals surface area contributed by atoms with Crippen molar-refractivity contribution in [1.82, 2.24) is 15.0 Å². The van der Waals surface area contributed by atoms with Crippen LogP contribution in [0.3, 0.4) is 0 Å². The molecule has 9 aromatic carbocycles. The van der Waals surface area contributed by atoms with Gasteiger partial charge in [0.25, 0.3) is 0 Å². The molecule has 0 aliphatic heterocycles. The summed E-state index contributed by atoms with van der Waals surface area (Å²) in [4.78, 5) is 15.3. The number of benzene rings is 9. The van der Waals surface area contributed by atoms with Gasteiger partial charge in [-0.1, -0.05) is 200 Å². The van der Waals surface area contributed by atoms with E-state index in [4.69, 9.17) is 15.0 Å². The Morgan fingerprint density at radius 3 is 1.17 bits per heavy atom. The van der Waals surface area contributed by atoms with Crippen LogP contribution in [0.2, 0.25) is 0 Å². The first-order valence-corrected chi connectivity index (χ1v) is 20.0. The lowest BCUT2D eigenvalue weighted by Gasteiger charge is -2.14. The number of hydrogen-bond donors (Lipinski definition) is 0. The molecule has 10 rings (SSSR count). The van der Waals surface area contributed by atoms with Crippen LogP contribution in [-0.2, 0) is 0 Å². The Morgan fingerprint density at radius 2 is 0.633 bits per heavy atom. The quantitative estimate of drug-likeness (QED) is 0.155. The SMILES string of the molecule is N#Cc1cccc(-c2ccc(-c3ccc(-c4cccc(-c5nc(-c6ccc(-c7ccccc7)cc6)nc(-c6ccc(-c7ccccc7)cc6)n5)c4)c4ccccc34)cc2)c1. The number of rotatable bonds is 8. The van der Waals surface area contributed by atoms with Crippen molar-refractivity contribution in [2.75, 3.05) is 0 Å². The van der Waals surface area contributed by atoms with Crippen molar-refractivity contribution >= 4 is 10.8 Å². The number of nitrogens with zero attached hydrogens (tertiary/aromatic N) is 4. The first-order chi connectivity index (χ1) is 29.7. The molecule has 0 unspecified atom stereocenters. The van der Waals surface area contributed by atoms with Crippen LogP contribution in [-0.4, -0.2) is 15.0 Å². The van der Waals surface area contributed by atoms with Gasteiger partial charge in [0.15, 0.2) is 17.5 Å². The summed E-state index contributed by atoms with van der Waals surface area (Å²) in [5, 5.41) is 11.7. The van der Waals surface area contributed by atoms with E-state index in [0.29, 0.717) is 23.0 Å². The van der Waals surface area contributed by atoms with Crippen molar-refractivity contribution in [2.45, 2.75) is 0 Å². The Morgan fingerprint density at radius 1 is 0.267 bits per heavy atom. The van der Waals surface area contributed by atoms with Gasteiger partial charge in [0, 0.05) is 16.7 Å². The molecule has 10 aromatic rings. The minimum absolute atomic E-state index is 0.609. The van der Waals surface area contributed by atoms with E-state index in [-0.39, 0.29) is 0 Å². The summed E-state index contributed by atoms with van der Waals surface area (Å²) >= 11 is 0. The third-order valence-electron chi connectivity index (χ3n) is 11.0. The third-order valence-corrected chi connectivity index (χ3v) is 11.0. The van der Waals surface area contributed by atoms with Crippen molar-refractivity contribution in [3.05, 3.63) is 224 Å². The van der Waals surface area contributed by atoms with Gasteiger partial charge in [-0.05, 0) is 84.6 Å². The summed E-state index contributed by atoms with van der Waals surface area (Å²) in [5.74, 6) is 1.84. The highest BCUT2D eigenvalue weighted by Crippen LogP contribution is 2.38. The van der Waals surface area contributed by atoms with Crippen molar-refractivity contribution in [3.63, 3.8) is 0 Å². The molecule has 0 N–H and O–H groups in total. The second kappa shape index (κ2) is 15.9. The Bertz CT molecular complexity index is 3070. The lowest BCUT2D eigenvalue weighted by molar-refractivity contribution is 1.07. The highest BCUT2D eigenvalue weighted by atomic mass is 15.0. The Kier molecular flexibility index (Phi) is 9.59. The molecule has 0 saturated heterocycles. The maximum absolute atomic E-state index is 9.41. The molecule has 4 heteroatoms. The molecule has 0 atom stereocenters. The first kappa shape index (κ1) is 36.1. The molecule has 0 aliphatic rings. The van der Waals surface area contributed by atoms with E-state index >= 15 is 0 Å². The van der Waals surface area contributed by atoms with Crippen LogP contribution < -0.4 is 0 Å². The number of hydrogen-bond acceptors (Lipinski definition) is 4. The van der Waals surface area contributed by atoms with E-state index in [9.17, 15) is 5.26 Å². The Hall–Kier alpha value is -8.26. The van der Waals surface area contributed by atoms with Gasteiger partial charge in [-0.3, -0.25) is 0 Å². The van der Waals surface area contributed by atoms with Gasteiger partial charge in [-0.25, -0.2) is 15.0 Å². The predicted octanol–water partition coefficient (Wildman–Crippen LogP) is 14.2. The largest absolute Gasteiger partial charge is 0.208 e. The smallest absolute Gasteiger partial charge is 0.164 e. The fourth-order valence-electron chi connectivity index (χ4n) is 7.89. The average molecular weight is 765 g/mol. The second-order valence-corrected chi connectivity index (χ2v) is 14.8. The lowest BCUT2D eigenvalue weighted by Crippen LogP contribution is -2.00. The van der Waals surface area contributed by atoms with E-state index in [1.165, 1.54) is 5.39 Å². The molecule has 1 aromatic heterocycles. The van der Waals surface area contributed by atoms with E-state index in [1.807, 2.05) is 36.4 Å². The van der Waals surface area contributed by atoms with Crippen LogP contribution in [0.25, 0.3) is 101 Å². The third kappa shape index (κ3) is 7.24. The molecule has 0 spiro atoms. The van der Waals surface area contributed by atoms with Crippen molar-refractivity contribution in [3.8, 4) is 95.9 Å². The van der Waals surface area contributed by atoms with Crippen molar-refractivity contribution < 1.29 is 0 Å². The minimum Gasteiger partial charge on any atom is -0.208 e. The monoisotopic (exact) mass is 764 g/mol. The molecule has 280 valence electrons. The van der Waals surface area contributed by atoms with Crippen LogP contribution in [0.5, 0.6) is 0 Å². The van der Waals surface area contributed by atoms with Gasteiger partial charge in [-0.2, -0.15) is 5.26 Å². The van der Waals surface area contributed by atoms with Gasteiger partial charge in [0.05, 0.1) is 11.6 Å². The first-order valence-electron chi connectivity index (χ1n) is 20.0. The standard InChI is InChI=1S/C56H36N4/c57-37-38-11-9-16-47(35-38)43-21-27-44(28-22-43)50-33-34-51(53-20-8-7-19-52(50)53)48-17-10-18-49(36-48)56-59-54(45-29-23-41(24-30-45)39-12-3-1-4-13-39)58-55(60-56)46-31-25-42(26-32-46)40-14-5-2-6-15-40/h1-36H. The van der Waals surface area contributed by atoms with Crippen LogP contribution in [0.1, 0.15) is 5.56 Å². The van der Waals surface area contributed by atoms with Crippen molar-refractivity contribution in [2.24, 2.45) is 0 Å². The fourth-order valence-corrected chi connectivity index (χ4v) is 7.89. The summed E-state index contributed by atoms with van der Waals surface area (Å²) in [5.41, 5.74) is 14.6. The summed E-state index contributed by atoms with van der Waals surface area (Å²) in [6, 6.07) is 77.7. The molecule has 0 radical (unpaired) electrons. The summed E-state index contributed by atoms with van der Waals surface area (Å²) in [6.45, 7) is 0. The molecule has 0 bridgehead atoms.